The molecule has 0 radical (unpaired) electrons. The Kier molecular flexibility index (Phi) is 18.7. The molecule has 0 aromatic heterocycles. The summed E-state index contributed by atoms with van der Waals surface area (Å²) in [7, 11) is 0. The van der Waals surface area contributed by atoms with E-state index in [1.165, 1.54) is 57.8 Å². The Balaban J connectivity index is 0. The van der Waals surface area contributed by atoms with Crippen molar-refractivity contribution in [3.05, 3.63) is 0 Å². The molecular weight excluding hydrogens is 372 g/mol. The molecule has 170 valence electrons. The van der Waals surface area contributed by atoms with Crippen LogP contribution in [0.4, 0.5) is 0 Å². The van der Waals surface area contributed by atoms with Gasteiger partial charge in [-0.2, -0.15) is 0 Å². The van der Waals surface area contributed by atoms with E-state index in [-0.39, 0.29) is 18.3 Å². The molecule has 1 unspecified atom stereocenters. The first-order chi connectivity index (χ1) is 12.9. The van der Waals surface area contributed by atoms with Crippen molar-refractivity contribution < 1.29 is 9.90 Å². The maximum absolute atomic E-state index is 12.3. The van der Waals surface area contributed by atoms with Crippen LogP contribution in [-0.2, 0) is 4.79 Å². The lowest BCUT2D eigenvalue weighted by molar-refractivity contribution is -0.137. The summed E-state index contributed by atoms with van der Waals surface area (Å²) in [6.45, 7) is 8.21. The van der Waals surface area contributed by atoms with Crippen molar-refractivity contribution in [2.45, 2.75) is 142 Å². The highest BCUT2D eigenvalue weighted by Gasteiger charge is 2.45. The van der Waals surface area contributed by atoms with Gasteiger partial charge in [0.15, 0.2) is 5.72 Å². The molecule has 0 aliphatic carbocycles. The van der Waals surface area contributed by atoms with Crippen LogP contribution in [0.3, 0.4) is 0 Å². The van der Waals surface area contributed by atoms with Gasteiger partial charge in [0.25, 0.3) is 0 Å². The van der Waals surface area contributed by atoms with Crippen LogP contribution in [-0.4, -0.2) is 22.3 Å². The van der Waals surface area contributed by atoms with Crippen molar-refractivity contribution in [3.8, 4) is 0 Å². The first-order valence-electron chi connectivity index (χ1n) is 11.7. The van der Waals surface area contributed by atoms with Gasteiger partial charge < -0.3 is 16.2 Å². The largest absolute Gasteiger partial charge is 0.369 e. The van der Waals surface area contributed by atoms with E-state index < -0.39 is 11.3 Å². The lowest BCUT2D eigenvalue weighted by atomic mass is 9.79. The number of aliphatic hydroxyl groups is 1. The third-order valence-electron chi connectivity index (χ3n) is 6.05. The Morgan fingerprint density at radius 2 is 1.21 bits per heavy atom. The monoisotopic (exact) mass is 420 g/mol. The van der Waals surface area contributed by atoms with E-state index >= 15 is 0 Å². The smallest absolute Gasteiger partial charge is 0.222 e. The van der Waals surface area contributed by atoms with Crippen molar-refractivity contribution in [2.75, 3.05) is 0 Å². The van der Waals surface area contributed by atoms with E-state index in [4.69, 9.17) is 5.73 Å². The first kappa shape index (κ1) is 29.9. The summed E-state index contributed by atoms with van der Waals surface area (Å²) in [5.41, 5.74) is 4.33. The van der Waals surface area contributed by atoms with Crippen LogP contribution in [0.2, 0.25) is 0 Å². The average molecular weight is 421 g/mol. The van der Waals surface area contributed by atoms with Gasteiger partial charge in [0.1, 0.15) is 0 Å². The van der Waals surface area contributed by atoms with Gasteiger partial charge in [-0.05, 0) is 25.7 Å². The van der Waals surface area contributed by atoms with E-state index in [2.05, 4.69) is 12.2 Å². The van der Waals surface area contributed by atoms with Gasteiger partial charge >= 0.3 is 0 Å². The normalized spacial score (nSPS) is 13.6. The third-order valence-corrected chi connectivity index (χ3v) is 6.05. The van der Waals surface area contributed by atoms with Gasteiger partial charge in [-0.25, -0.2) is 0 Å². The Morgan fingerprint density at radius 1 is 0.786 bits per heavy atom. The summed E-state index contributed by atoms with van der Waals surface area (Å²) in [6, 6.07) is 0. The average Bonchev–Trinajstić information content (AvgIpc) is 2.65. The highest BCUT2D eigenvalue weighted by molar-refractivity contribution is 5.85. The molecule has 4 nitrogen and oxygen atoms in total. The minimum Gasteiger partial charge on any atom is -0.369 e. The van der Waals surface area contributed by atoms with Crippen molar-refractivity contribution >= 4 is 18.3 Å². The fourth-order valence-corrected chi connectivity index (χ4v) is 3.88. The number of hydrogen-bond donors (Lipinski definition) is 3. The summed E-state index contributed by atoms with van der Waals surface area (Å²) in [5, 5.41) is 13.9. The van der Waals surface area contributed by atoms with Crippen molar-refractivity contribution in [1.82, 2.24) is 5.32 Å². The summed E-state index contributed by atoms with van der Waals surface area (Å²) in [6.07, 6.45) is 17.0. The summed E-state index contributed by atoms with van der Waals surface area (Å²) < 4.78 is 0. The molecule has 0 spiro atoms. The van der Waals surface area contributed by atoms with Gasteiger partial charge in [-0.1, -0.05) is 98.3 Å². The maximum Gasteiger partial charge on any atom is 0.222 e. The molecule has 0 bridgehead atoms. The number of nitrogens with one attached hydrogen (secondary N) is 1. The molecule has 0 aliphatic heterocycles. The van der Waals surface area contributed by atoms with Crippen LogP contribution in [0.15, 0.2) is 0 Å². The van der Waals surface area contributed by atoms with Gasteiger partial charge in [-0.3, -0.25) is 4.79 Å². The van der Waals surface area contributed by atoms with Crippen LogP contribution < -0.4 is 11.1 Å². The molecule has 0 rings (SSSR count). The molecule has 28 heavy (non-hydrogen) atoms. The molecule has 4 N–H and O–H groups in total. The fraction of sp³-hybridized carbons (Fsp3) is 0.957. The zero-order chi connectivity index (χ0) is 20.6. The Hall–Kier alpha value is -0.320. The van der Waals surface area contributed by atoms with Crippen molar-refractivity contribution in [2.24, 2.45) is 5.73 Å². The zero-order valence-electron chi connectivity index (χ0n) is 19.2. The highest BCUT2D eigenvalue weighted by Crippen LogP contribution is 2.29. The number of carbonyl (C=O) groups excluding carboxylic acids is 1. The van der Waals surface area contributed by atoms with Crippen LogP contribution in [0.25, 0.3) is 0 Å². The van der Waals surface area contributed by atoms with Gasteiger partial charge in [0.05, 0.1) is 5.54 Å². The van der Waals surface area contributed by atoms with E-state index in [0.29, 0.717) is 25.7 Å². The molecule has 0 aromatic carbocycles. The first-order valence-corrected chi connectivity index (χ1v) is 11.7. The lowest BCUT2D eigenvalue weighted by Gasteiger charge is -2.44. The second-order valence-corrected chi connectivity index (χ2v) is 8.31. The molecule has 0 fully saturated rings. The van der Waals surface area contributed by atoms with E-state index in [1.54, 1.807) is 0 Å². The number of carbonyl (C=O) groups is 1. The molecule has 0 aromatic rings. The van der Waals surface area contributed by atoms with Gasteiger partial charge in [-0.15, -0.1) is 12.4 Å². The van der Waals surface area contributed by atoms with Crippen LogP contribution in [0.5, 0.6) is 0 Å². The molecule has 0 heterocycles. The number of amides is 1. The topological polar surface area (TPSA) is 75.3 Å². The summed E-state index contributed by atoms with van der Waals surface area (Å²) in [5.74, 6) is -0.0707. The number of rotatable bonds is 18. The van der Waals surface area contributed by atoms with Crippen LogP contribution >= 0.6 is 12.4 Å². The second kappa shape index (κ2) is 17.5. The van der Waals surface area contributed by atoms with Crippen molar-refractivity contribution in [1.29, 1.82) is 0 Å². The SMILES string of the molecule is CCCCCCCCCCCCCC(=O)NC(O)(CCC)C(N)(CC)CC.Cl. The molecule has 0 saturated heterocycles. The quantitative estimate of drug-likeness (QED) is 0.181. The highest BCUT2D eigenvalue weighted by atomic mass is 35.5. The molecule has 1 amide bonds. The Morgan fingerprint density at radius 3 is 1.61 bits per heavy atom. The summed E-state index contributed by atoms with van der Waals surface area (Å²) in [4.78, 5) is 12.3. The van der Waals surface area contributed by atoms with E-state index in [1.807, 2.05) is 20.8 Å². The predicted octanol–water partition coefficient (Wildman–Crippen LogP) is 6.23. The van der Waals surface area contributed by atoms with Gasteiger partial charge in [0, 0.05) is 6.42 Å². The molecule has 0 saturated carbocycles. The minimum atomic E-state index is -1.31. The molecule has 0 aliphatic rings. The molecule has 5 heteroatoms. The number of unbranched alkanes of at least 4 members (excludes halogenated alkanes) is 10. The lowest BCUT2D eigenvalue weighted by Crippen LogP contribution is -2.68. The minimum absolute atomic E-state index is 0. The van der Waals surface area contributed by atoms with E-state index in [0.717, 1.165) is 19.3 Å². The Bertz CT molecular complexity index is 376. The standard InChI is InChI=1S/C23H48N2O2.ClH/c1-5-9-10-11-12-13-14-15-16-17-18-19-21(26)25-23(27,20-6-2)22(24,7-3)8-4;/h27H,5-20,24H2,1-4H3,(H,25,26);1H. The maximum atomic E-state index is 12.3. The zero-order valence-corrected chi connectivity index (χ0v) is 20.0. The fourth-order valence-electron chi connectivity index (χ4n) is 3.88. The Labute approximate surface area is 181 Å². The molecule has 1 atom stereocenters. The van der Waals surface area contributed by atoms with Crippen molar-refractivity contribution in [3.63, 3.8) is 0 Å². The van der Waals surface area contributed by atoms with Gasteiger partial charge in [0.2, 0.25) is 5.91 Å². The molecular formula is C23H49ClN2O2. The second-order valence-electron chi connectivity index (χ2n) is 8.31. The summed E-state index contributed by atoms with van der Waals surface area (Å²) >= 11 is 0. The third kappa shape index (κ3) is 11.6. The van der Waals surface area contributed by atoms with Crippen LogP contribution in [0, 0.1) is 0 Å². The van der Waals surface area contributed by atoms with E-state index in [9.17, 15) is 9.90 Å². The number of halogens is 1. The number of nitrogens with two attached hydrogens (primary N) is 1. The van der Waals surface area contributed by atoms with Crippen LogP contribution in [0.1, 0.15) is 130 Å². The predicted molar refractivity (Wildman–Crippen MR) is 124 cm³/mol. The number of hydrogen-bond acceptors (Lipinski definition) is 3.